The molecule has 0 amide bonds. The summed E-state index contributed by atoms with van der Waals surface area (Å²) in [6.45, 7) is 0.734. The van der Waals surface area contributed by atoms with Crippen molar-refractivity contribution < 1.29 is 0 Å². The zero-order valence-electron chi connectivity index (χ0n) is 10.9. The number of nitrogens with zero attached hydrogens (tertiary/aromatic N) is 3. The van der Waals surface area contributed by atoms with Gasteiger partial charge in [0.25, 0.3) is 0 Å². The molecule has 0 aliphatic rings. The van der Waals surface area contributed by atoms with Crippen LogP contribution < -0.4 is 5.73 Å². The minimum Gasteiger partial charge on any atom is -0.329 e. The molecule has 1 aromatic carbocycles. The predicted octanol–water partition coefficient (Wildman–Crippen LogP) is 2.76. The number of fused-ring (bicyclic) bond motifs is 1. The smallest absolute Gasteiger partial charge is 0.0958 e. The average Bonchev–Trinajstić information content (AvgIpc) is 2.85. The van der Waals surface area contributed by atoms with E-state index in [4.69, 9.17) is 5.73 Å². The van der Waals surface area contributed by atoms with Gasteiger partial charge in [-0.25, -0.2) is 4.98 Å². The van der Waals surface area contributed by atoms with Crippen molar-refractivity contribution in [2.45, 2.75) is 19.0 Å². The third-order valence-corrected chi connectivity index (χ3v) is 3.69. The third-order valence-electron chi connectivity index (χ3n) is 3.22. The zero-order valence-corrected chi connectivity index (χ0v) is 12.5. The molecule has 0 aliphatic carbocycles. The number of benzene rings is 1. The standard InChI is InChI=1S/C15H15BrN4/c16-11-5-6-13(18-8-11)7-12(17)9-20-10-19-14-3-1-2-4-15(14)20/h1-6,8,10,12H,7,9,17H2. The second-order valence-electron chi connectivity index (χ2n) is 4.82. The number of para-hydroxylation sites is 2. The van der Waals surface area contributed by atoms with Crippen molar-refractivity contribution in [2.24, 2.45) is 5.73 Å². The molecule has 2 aromatic heterocycles. The summed E-state index contributed by atoms with van der Waals surface area (Å²) in [5, 5.41) is 0. The Hall–Kier alpha value is -1.72. The van der Waals surface area contributed by atoms with E-state index in [2.05, 4.69) is 36.5 Å². The fourth-order valence-corrected chi connectivity index (χ4v) is 2.50. The Bertz CT molecular complexity index is 705. The highest BCUT2D eigenvalue weighted by molar-refractivity contribution is 9.10. The van der Waals surface area contributed by atoms with Crippen LogP contribution in [0.4, 0.5) is 0 Å². The molecule has 20 heavy (non-hydrogen) atoms. The molecule has 0 fully saturated rings. The summed E-state index contributed by atoms with van der Waals surface area (Å²) >= 11 is 3.38. The van der Waals surface area contributed by atoms with Crippen LogP contribution >= 0.6 is 15.9 Å². The van der Waals surface area contributed by atoms with Crippen LogP contribution in [0.25, 0.3) is 11.0 Å². The number of pyridine rings is 1. The Morgan fingerprint density at radius 3 is 2.80 bits per heavy atom. The largest absolute Gasteiger partial charge is 0.329 e. The molecule has 1 atom stereocenters. The number of hydrogen-bond acceptors (Lipinski definition) is 3. The van der Waals surface area contributed by atoms with E-state index in [1.807, 2.05) is 36.7 Å². The number of nitrogens with two attached hydrogens (primary N) is 1. The summed E-state index contributed by atoms with van der Waals surface area (Å²) in [5.74, 6) is 0. The van der Waals surface area contributed by atoms with Crippen LogP contribution in [0, 0.1) is 0 Å². The van der Waals surface area contributed by atoms with E-state index in [1.54, 1.807) is 6.20 Å². The number of imidazole rings is 1. The summed E-state index contributed by atoms with van der Waals surface area (Å²) in [6, 6.07) is 12.1. The minimum atomic E-state index is 0.0151. The number of halogens is 1. The number of rotatable bonds is 4. The second-order valence-corrected chi connectivity index (χ2v) is 5.73. The fraction of sp³-hybridized carbons (Fsp3) is 0.200. The molecule has 102 valence electrons. The minimum absolute atomic E-state index is 0.0151. The van der Waals surface area contributed by atoms with Gasteiger partial charge in [0.15, 0.2) is 0 Å². The summed E-state index contributed by atoms with van der Waals surface area (Å²) in [5.41, 5.74) is 9.35. The maximum atomic E-state index is 6.23. The Balaban J connectivity index is 1.72. The van der Waals surface area contributed by atoms with Gasteiger partial charge in [-0.1, -0.05) is 12.1 Å². The molecule has 3 aromatic rings. The Labute approximate surface area is 125 Å². The molecule has 0 saturated carbocycles. The third kappa shape index (κ3) is 2.89. The molecule has 5 heteroatoms. The first kappa shape index (κ1) is 13.3. The average molecular weight is 331 g/mol. The SMILES string of the molecule is NC(Cc1ccc(Br)cn1)Cn1cnc2ccccc21. The van der Waals surface area contributed by atoms with Crippen molar-refractivity contribution in [1.82, 2.24) is 14.5 Å². The summed E-state index contributed by atoms with van der Waals surface area (Å²) < 4.78 is 3.08. The summed E-state index contributed by atoms with van der Waals surface area (Å²) in [7, 11) is 0. The molecule has 3 rings (SSSR count). The van der Waals surface area contributed by atoms with Gasteiger partial charge < -0.3 is 10.3 Å². The van der Waals surface area contributed by atoms with Crippen molar-refractivity contribution in [3.8, 4) is 0 Å². The Kier molecular flexibility index (Phi) is 3.80. The van der Waals surface area contributed by atoms with Crippen LogP contribution in [-0.4, -0.2) is 20.6 Å². The van der Waals surface area contributed by atoms with Crippen LogP contribution in [0.3, 0.4) is 0 Å². The maximum absolute atomic E-state index is 6.23. The summed E-state index contributed by atoms with van der Waals surface area (Å²) in [4.78, 5) is 8.73. The number of aromatic nitrogens is 3. The molecule has 0 bridgehead atoms. The maximum Gasteiger partial charge on any atom is 0.0958 e. The van der Waals surface area contributed by atoms with E-state index in [0.29, 0.717) is 0 Å². The van der Waals surface area contributed by atoms with E-state index in [0.717, 1.165) is 34.2 Å². The first-order chi connectivity index (χ1) is 9.72. The Morgan fingerprint density at radius 2 is 2.00 bits per heavy atom. The lowest BCUT2D eigenvalue weighted by molar-refractivity contribution is 0.554. The highest BCUT2D eigenvalue weighted by atomic mass is 79.9. The Morgan fingerprint density at radius 1 is 1.15 bits per heavy atom. The lowest BCUT2D eigenvalue weighted by atomic mass is 10.1. The molecule has 0 radical (unpaired) electrons. The van der Waals surface area contributed by atoms with Crippen molar-refractivity contribution in [1.29, 1.82) is 0 Å². The van der Waals surface area contributed by atoms with E-state index < -0.39 is 0 Å². The van der Waals surface area contributed by atoms with E-state index in [1.165, 1.54) is 0 Å². The van der Waals surface area contributed by atoms with Gasteiger partial charge in [0, 0.05) is 35.4 Å². The highest BCUT2D eigenvalue weighted by Gasteiger charge is 2.08. The first-order valence-electron chi connectivity index (χ1n) is 6.48. The van der Waals surface area contributed by atoms with Crippen LogP contribution in [0.2, 0.25) is 0 Å². The number of hydrogen-bond donors (Lipinski definition) is 1. The van der Waals surface area contributed by atoms with Gasteiger partial charge in [-0.05, 0) is 40.2 Å². The lowest BCUT2D eigenvalue weighted by Gasteiger charge is -2.12. The quantitative estimate of drug-likeness (QED) is 0.800. The van der Waals surface area contributed by atoms with E-state index in [-0.39, 0.29) is 6.04 Å². The van der Waals surface area contributed by atoms with Crippen LogP contribution in [-0.2, 0) is 13.0 Å². The normalized spacial score (nSPS) is 12.7. The molecule has 0 aliphatic heterocycles. The molecule has 1 unspecified atom stereocenters. The molecule has 4 nitrogen and oxygen atoms in total. The van der Waals surface area contributed by atoms with Gasteiger partial charge in [0.2, 0.25) is 0 Å². The van der Waals surface area contributed by atoms with E-state index >= 15 is 0 Å². The van der Waals surface area contributed by atoms with Gasteiger partial charge in [-0.2, -0.15) is 0 Å². The van der Waals surface area contributed by atoms with Gasteiger partial charge in [-0.15, -0.1) is 0 Å². The highest BCUT2D eigenvalue weighted by Crippen LogP contribution is 2.13. The molecular formula is C15H15BrN4. The van der Waals surface area contributed by atoms with Gasteiger partial charge in [0.1, 0.15) is 0 Å². The van der Waals surface area contributed by atoms with E-state index in [9.17, 15) is 0 Å². The topological polar surface area (TPSA) is 56.7 Å². The summed E-state index contributed by atoms with van der Waals surface area (Å²) in [6.07, 6.45) is 4.40. The fourth-order valence-electron chi connectivity index (χ4n) is 2.27. The monoisotopic (exact) mass is 330 g/mol. The second kappa shape index (κ2) is 5.73. The molecule has 2 N–H and O–H groups in total. The van der Waals surface area contributed by atoms with Crippen molar-refractivity contribution in [2.75, 3.05) is 0 Å². The van der Waals surface area contributed by atoms with Crippen LogP contribution in [0.5, 0.6) is 0 Å². The van der Waals surface area contributed by atoms with Gasteiger partial charge >= 0.3 is 0 Å². The van der Waals surface area contributed by atoms with Gasteiger partial charge in [0.05, 0.1) is 17.4 Å². The van der Waals surface area contributed by atoms with Crippen molar-refractivity contribution in [3.05, 3.63) is 59.1 Å². The first-order valence-corrected chi connectivity index (χ1v) is 7.27. The lowest BCUT2D eigenvalue weighted by Crippen LogP contribution is -2.28. The van der Waals surface area contributed by atoms with Crippen LogP contribution in [0.1, 0.15) is 5.69 Å². The molecule has 0 saturated heterocycles. The predicted molar refractivity (Wildman–Crippen MR) is 83.3 cm³/mol. The van der Waals surface area contributed by atoms with Crippen LogP contribution in [0.15, 0.2) is 53.4 Å². The van der Waals surface area contributed by atoms with Crippen molar-refractivity contribution in [3.63, 3.8) is 0 Å². The molecule has 2 heterocycles. The molecule has 0 spiro atoms. The van der Waals surface area contributed by atoms with Crippen molar-refractivity contribution >= 4 is 27.0 Å². The molecular weight excluding hydrogens is 316 g/mol. The van der Waals surface area contributed by atoms with Gasteiger partial charge in [-0.3, -0.25) is 4.98 Å². The zero-order chi connectivity index (χ0) is 13.9.